The van der Waals surface area contributed by atoms with Gasteiger partial charge in [0.1, 0.15) is 0 Å². The molecule has 1 rings (SSSR count). The molecule has 0 heterocycles. The number of hydrogen-bond donors (Lipinski definition) is 1. The third-order valence-electron chi connectivity index (χ3n) is 1.84. The predicted octanol–water partition coefficient (Wildman–Crippen LogP) is 1.09. The van der Waals surface area contributed by atoms with Crippen LogP contribution in [0.2, 0.25) is 0 Å². The normalized spacial score (nSPS) is 13.9. The van der Waals surface area contributed by atoms with E-state index in [2.05, 4.69) is 4.74 Å². The monoisotopic (exact) mass is 216 g/mol. The molecule has 0 radical (unpaired) electrons. The van der Waals surface area contributed by atoms with E-state index in [0.717, 1.165) is 5.56 Å². The summed E-state index contributed by atoms with van der Waals surface area (Å²) in [5.41, 5.74) is -0.387. The minimum absolute atomic E-state index is 0.149. The molecule has 0 aliphatic heterocycles. The lowest BCUT2D eigenvalue weighted by Gasteiger charge is -2.11. The maximum atomic E-state index is 10.8. The van der Waals surface area contributed by atoms with Crippen LogP contribution in [0.15, 0.2) is 30.3 Å². The first-order valence-electron chi connectivity index (χ1n) is 4.07. The molecule has 4 nitrogen and oxygen atoms in total. The first kappa shape index (κ1) is 11.2. The van der Waals surface area contributed by atoms with Gasteiger partial charge < -0.3 is 4.74 Å². The summed E-state index contributed by atoms with van der Waals surface area (Å²) >= 11 is 0. The van der Waals surface area contributed by atoms with Crippen molar-refractivity contribution in [2.75, 3.05) is 7.11 Å². The van der Waals surface area contributed by atoms with Gasteiger partial charge in [0.15, 0.2) is 5.44 Å². The van der Waals surface area contributed by atoms with Crippen LogP contribution in [0.3, 0.4) is 0 Å². The van der Waals surface area contributed by atoms with E-state index < -0.39 is 15.6 Å². The second-order valence-electron chi connectivity index (χ2n) is 2.87. The van der Waals surface area contributed by atoms with Gasteiger partial charge in [0, 0.05) is 13.5 Å². The number of benzene rings is 1. The summed E-state index contributed by atoms with van der Waals surface area (Å²) in [6.45, 7) is 0. The van der Waals surface area contributed by atoms with E-state index >= 15 is 0 Å². The van der Waals surface area contributed by atoms with E-state index in [1.807, 2.05) is 6.07 Å². The molecule has 5 heteroatoms. The molecule has 1 unspecified atom stereocenters. The number of methoxy groups -OCH3 is 1. The van der Waals surface area contributed by atoms with E-state index in [0.29, 0.717) is 0 Å². The molecule has 1 atom stereocenters. The molecule has 0 fully saturated rings. The molecule has 1 aromatic carbocycles. The summed E-state index contributed by atoms with van der Waals surface area (Å²) in [5, 5.41) is 0. The Balaban J connectivity index is 2.77. The Morgan fingerprint density at radius 2 is 1.93 bits per heavy atom. The van der Waals surface area contributed by atoms with Crippen molar-refractivity contribution in [2.24, 2.45) is 0 Å². The molecular formula is C9H12O4S. The first-order chi connectivity index (χ1) is 6.54. The average molecular weight is 216 g/mol. The van der Waals surface area contributed by atoms with E-state index in [4.69, 9.17) is 4.55 Å². The zero-order valence-corrected chi connectivity index (χ0v) is 8.57. The lowest BCUT2D eigenvalue weighted by molar-refractivity contribution is 0.155. The number of rotatable bonds is 4. The molecule has 0 spiro atoms. The number of ether oxygens (including phenoxy) is 1. The van der Waals surface area contributed by atoms with Crippen molar-refractivity contribution in [3.8, 4) is 0 Å². The molecule has 1 aromatic rings. The second kappa shape index (κ2) is 4.54. The molecule has 1 N–H and O–H groups in total. The van der Waals surface area contributed by atoms with Crippen LogP contribution < -0.4 is 0 Å². The molecule has 0 bridgehead atoms. The van der Waals surface area contributed by atoms with Gasteiger partial charge in [-0.15, -0.1) is 0 Å². The highest BCUT2D eigenvalue weighted by atomic mass is 32.2. The fourth-order valence-corrected chi connectivity index (χ4v) is 1.76. The molecule has 0 saturated carbocycles. The maximum Gasteiger partial charge on any atom is 0.292 e. The largest absolute Gasteiger partial charge is 0.363 e. The quantitative estimate of drug-likeness (QED) is 0.765. The highest BCUT2D eigenvalue weighted by Gasteiger charge is 2.22. The van der Waals surface area contributed by atoms with Crippen LogP contribution in [0.5, 0.6) is 0 Å². The smallest absolute Gasteiger partial charge is 0.292 e. The Labute approximate surface area is 83.3 Å². The van der Waals surface area contributed by atoms with Crippen LogP contribution in [0, 0.1) is 0 Å². The lowest BCUT2D eigenvalue weighted by atomic mass is 10.2. The fraction of sp³-hybridized carbons (Fsp3) is 0.333. The van der Waals surface area contributed by atoms with Crippen LogP contribution >= 0.6 is 0 Å². The third-order valence-corrected chi connectivity index (χ3v) is 2.86. The Morgan fingerprint density at radius 1 is 1.36 bits per heavy atom. The van der Waals surface area contributed by atoms with Crippen LogP contribution in [0.25, 0.3) is 0 Å². The standard InChI is InChI=1S/C9H12O4S/c1-13-9(14(10,11)12)7-8-5-3-2-4-6-8/h2-6,9H,7H2,1H3,(H,10,11,12). The van der Waals surface area contributed by atoms with E-state index in [-0.39, 0.29) is 6.42 Å². The molecular weight excluding hydrogens is 204 g/mol. The van der Waals surface area contributed by atoms with Crippen LogP contribution in [-0.2, 0) is 21.3 Å². The van der Waals surface area contributed by atoms with Crippen LogP contribution in [-0.4, -0.2) is 25.5 Å². The molecule has 0 aliphatic carbocycles. The van der Waals surface area contributed by atoms with Crippen LogP contribution in [0.4, 0.5) is 0 Å². The van der Waals surface area contributed by atoms with Gasteiger partial charge in [-0.25, -0.2) is 0 Å². The summed E-state index contributed by atoms with van der Waals surface area (Å²) in [5.74, 6) is 0. The average Bonchev–Trinajstić information content (AvgIpc) is 2.14. The van der Waals surface area contributed by atoms with E-state index in [1.165, 1.54) is 7.11 Å². The first-order valence-corrected chi connectivity index (χ1v) is 5.57. The zero-order valence-electron chi connectivity index (χ0n) is 7.75. The fourth-order valence-electron chi connectivity index (χ4n) is 1.12. The highest BCUT2D eigenvalue weighted by Crippen LogP contribution is 2.09. The van der Waals surface area contributed by atoms with Crippen molar-refractivity contribution in [1.29, 1.82) is 0 Å². The Morgan fingerprint density at radius 3 is 2.36 bits per heavy atom. The van der Waals surface area contributed by atoms with Gasteiger partial charge in [-0.05, 0) is 5.56 Å². The van der Waals surface area contributed by atoms with Gasteiger partial charge in [-0.1, -0.05) is 30.3 Å². The predicted molar refractivity (Wildman–Crippen MR) is 52.5 cm³/mol. The maximum absolute atomic E-state index is 10.8. The zero-order chi connectivity index (χ0) is 10.6. The van der Waals surface area contributed by atoms with Crippen molar-refractivity contribution in [2.45, 2.75) is 11.9 Å². The van der Waals surface area contributed by atoms with Crippen molar-refractivity contribution in [1.82, 2.24) is 0 Å². The molecule has 0 amide bonds. The van der Waals surface area contributed by atoms with Gasteiger partial charge >= 0.3 is 0 Å². The van der Waals surface area contributed by atoms with Gasteiger partial charge in [0.05, 0.1) is 0 Å². The molecule has 0 saturated heterocycles. The van der Waals surface area contributed by atoms with Gasteiger partial charge in [0.2, 0.25) is 0 Å². The minimum Gasteiger partial charge on any atom is -0.363 e. The third kappa shape index (κ3) is 3.10. The van der Waals surface area contributed by atoms with Gasteiger partial charge in [-0.3, -0.25) is 4.55 Å². The minimum atomic E-state index is -4.14. The molecule has 78 valence electrons. The van der Waals surface area contributed by atoms with Crippen molar-refractivity contribution in [3.05, 3.63) is 35.9 Å². The van der Waals surface area contributed by atoms with Crippen molar-refractivity contribution < 1.29 is 17.7 Å². The summed E-state index contributed by atoms with van der Waals surface area (Å²) in [7, 11) is -2.88. The topological polar surface area (TPSA) is 63.6 Å². The van der Waals surface area contributed by atoms with Crippen molar-refractivity contribution >= 4 is 10.1 Å². The Bertz CT molecular complexity index is 371. The highest BCUT2D eigenvalue weighted by molar-refractivity contribution is 7.86. The Kier molecular flexibility index (Phi) is 3.62. The second-order valence-corrected chi connectivity index (χ2v) is 4.43. The molecule has 0 aromatic heterocycles. The SMILES string of the molecule is COC(Cc1ccccc1)S(=O)(=O)O. The van der Waals surface area contributed by atoms with Crippen LogP contribution in [0.1, 0.15) is 5.56 Å². The van der Waals surface area contributed by atoms with E-state index in [1.54, 1.807) is 24.3 Å². The lowest BCUT2D eigenvalue weighted by Crippen LogP contribution is -2.24. The number of hydrogen-bond acceptors (Lipinski definition) is 3. The Hall–Kier alpha value is -0.910. The summed E-state index contributed by atoms with van der Waals surface area (Å²) < 4.78 is 35.1. The summed E-state index contributed by atoms with van der Waals surface area (Å²) in [6.07, 6.45) is 0.149. The van der Waals surface area contributed by atoms with Gasteiger partial charge in [0.25, 0.3) is 10.1 Å². The van der Waals surface area contributed by atoms with Gasteiger partial charge in [-0.2, -0.15) is 8.42 Å². The van der Waals surface area contributed by atoms with Crippen molar-refractivity contribution in [3.63, 3.8) is 0 Å². The van der Waals surface area contributed by atoms with E-state index in [9.17, 15) is 8.42 Å². The summed E-state index contributed by atoms with van der Waals surface area (Å²) in [4.78, 5) is 0. The summed E-state index contributed by atoms with van der Waals surface area (Å²) in [6, 6.07) is 8.98. The molecule has 0 aliphatic rings. The molecule has 14 heavy (non-hydrogen) atoms.